The van der Waals surface area contributed by atoms with Gasteiger partial charge in [-0.1, -0.05) is 0 Å². The first-order chi connectivity index (χ1) is 9.56. The number of aryl methyl sites for hydroxylation is 1. The minimum Gasteiger partial charge on any atom is -0.481 e. The summed E-state index contributed by atoms with van der Waals surface area (Å²) < 4.78 is 1.75. The summed E-state index contributed by atoms with van der Waals surface area (Å²) in [5.41, 5.74) is 1.20. The fourth-order valence-electron chi connectivity index (χ4n) is 2.46. The molecule has 0 aromatic carbocycles. The molecule has 20 heavy (non-hydrogen) atoms. The lowest BCUT2D eigenvalue weighted by atomic mass is 10.1. The first kappa shape index (κ1) is 12.6. The van der Waals surface area contributed by atoms with E-state index in [2.05, 4.69) is 10.2 Å². The van der Waals surface area contributed by atoms with E-state index >= 15 is 0 Å². The molecular formula is C13H14N4O3. The van der Waals surface area contributed by atoms with Crippen molar-refractivity contribution in [1.29, 1.82) is 0 Å². The maximum absolute atomic E-state index is 12.4. The number of hydrogen-bond donors (Lipinski definition) is 1. The number of pyridine rings is 1. The molecule has 7 heteroatoms. The Morgan fingerprint density at radius 2 is 2.15 bits per heavy atom. The van der Waals surface area contributed by atoms with Gasteiger partial charge in [-0.25, -0.2) is 0 Å². The normalized spacial score (nSPS) is 18.6. The third-order valence-corrected chi connectivity index (χ3v) is 3.64. The van der Waals surface area contributed by atoms with Crippen molar-refractivity contribution in [2.45, 2.75) is 13.3 Å². The Hall–Kier alpha value is -2.44. The van der Waals surface area contributed by atoms with Gasteiger partial charge in [0.2, 0.25) is 0 Å². The van der Waals surface area contributed by atoms with E-state index in [1.54, 1.807) is 27.6 Å². The van der Waals surface area contributed by atoms with Crippen LogP contribution >= 0.6 is 0 Å². The maximum Gasteiger partial charge on any atom is 0.308 e. The van der Waals surface area contributed by atoms with Gasteiger partial charge in [0.05, 0.1) is 11.5 Å². The molecule has 0 bridgehead atoms. The molecule has 3 rings (SSSR count). The maximum atomic E-state index is 12.4. The van der Waals surface area contributed by atoms with E-state index in [4.69, 9.17) is 5.11 Å². The number of carboxylic acids is 1. The predicted octanol–water partition coefficient (Wildman–Crippen LogP) is 0.584. The molecule has 0 spiro atoms. The van der Waals surface area contributed by atoms with Gasteiger partial charge in [-0.15, -0.1) is 10.2 Å². The Morgan fingerprint density at radius 3 is 2.85 bits per heavy atom. The Morgan fingerprint density at radius 1 is 1.35 bits per heavy atom. The smallest absolute Gasteiger partial charge is 0.308 e. The summed E-state index contributed by atoms with van der Waals surface area (Å²) in [7, 11) is 0. The second-order valence-electron chi connectivity index (χ2n) is 4.97. The Labute approximate surface area is 114 Å². The highest BCUT2D eigenvalue weighted by Crippen LogP contribution is 2.19. The highest BCUT2D eigenvalue weighted by Gasteiger charge is 2.31. The lowest BCUT2D eigenvalue weighted by molar-refractivity contribution is -0.141. The van der Waals surface area contributed by atoms with Crippen LogP contribution in [0.2, 0.25) is 0 Å². The molecule has 1 saturated heterocycles. The van der Waals surface area contributed by atoms with E-state index < -0.39 is 11.9 Å². The van der Waals surface area contributed by atoms with E-state index in [0.717, 1.165) is 0 Å². The largest absolute Gasteiger partial charge is 0.481 e. The number of carbonyl (C=O) groups is 2. The van der Waals surface area contributed by atoms with E-state index in [1.807, 2.05) is 6.92 Å². The molecule has 3 heterocycles. The van der Waals surface area contributed by atoms with Gasteiger partial charge < -0.3 is 10.0 Å². The number of aliphatic carboxylic acids is 1. The summed E-state index contributed by atoms with van der Waals surface area (Å²) in [5, 5.41) is 16.9. The Balaban J connectivity index is 1.85. The van der Waals surface area contributed by atoms with Crippen LogP contribution < -0.4 is 0 Å². The number of amides is 1. The van der Waals surface area contributed by atoms with E-state index in [1.165, 1.54) is 0 Å². The van der Waals surface area contributed by atoms with E-state index in [-0.39, 0.29) is 12.5 Å². The third-order valence-electron chi connectivity index (χ3n) is 3.64. The van der Waals surface area contributed by atoms with Crippen molar-refractivity contribution in [3.63, 3.8) is 0 Å². The van der Waals surface area contributed by atoms with Gasteiger partial charge in [-0.2, -0.15) is 0 Å². The van der Waals surface area contributed by atoms with Crippen molar-refractivity contribution in [2.24, 2.45) is 5.92 Å². The van der Waals surface area contributed by atoms with Gasteiger partial charge in [-0.05, 0) is 25.5 Å². The highest BCUT2D eigenvalue weighted by molar-refractivity contribution is 5.94. The van der Waals surface area contributed by atoms with Crippen molar-refractivity contribution in [1.82, 2.24) is 19.5 Å². The number of carbonyl (C=O) groups excluding carboxylic acids is 1. The molecule has 0 aliphatic carbocycles. The molecule has 1 amide bonds. The zero-order chi connectivity index (χ0) is 14.3. The van der Waals surface area contributed by atoms with Gasteiger partial charge in [0, 0.05) is 19.3 Å². The van der Waals surface area contributed by atoms with Crippen LogP contribution in [0, 0.1) is 12.8 Å². The minimum atomic E-state index is -0.842. The molecule has 1 aliphatic rings. The number of carboxylic acid groups (broad SMARTS) is 1. The van der Waals surface area contributed by atoms with Crippen LogP contribution in [0.15, 0.2) is 18.3 Å². The average molecular weight is 274 g/mol. The second-order valence-corrected chi connectivity index (χ2v) is 4.97. The summed E-state index contributed by atoms with van der Waals surface area (Å²) >= 11 is 0. The van der Waals surface area contributed by atoms with Crippen molar-refractivity contribution < 1.29 is 14.7 Å². The van der Waals surface area contributed by atoms with Crippen LogP contribution in [-0.4, -0.2) is 49.6 Å². The lowest BCUT2D eigenvalue weighted by Gasteiger charge is -2.15. The first-order valence-corrected chi connectivity index (χ1v) is 6.40. The lowest BCUT2D eigenvalue weighted by Crippen LogP contribution is -2.30. The number of fused-ring (bicyclic) bond motifs is 1. The number of aromatic nitrogens is 3. The van der Waals surface area contributed by atoms with Crippen LogP contribution in [0.1, 0.15) is 22.6 Å². The topological polar surface area (TPSA) is 87.8 Å². The van der Waals surface area contributed by atoms with Crippen LogP contribution in [0.3, 0.4) is 0 Å². The highest BCUT2D eigenvalue weighted by atomic mass is 16.4. The molecule has 1 unspecified atom stereocenters. The average Bonchev–Trinajstić information content (AvgIpc) is 3.05. The molecule has 0 saturated carbocycles. The Bertz CT molecular complexity index is 694. The van der Waals surface area contributed by atoms with Crippen molar-refractivity contribution in [3.8, 4) is 0 Å². The Kier molecular flexibility index (Phi) is 2.89. The molecule has 1 aliphatic heterocycles. The molecule has 2 aromatic heterocycles. The second kappa shape index (κ2) is 4.59. The summed E-state index contributed by atoms with van der Waals surface area (Å²) in [6.07, 6.45) is 2.20. The van der Waals surface area contributed by atoms with Gasteiger partial charge in [0.1, 0.15) is 5.82 Å². The number of likely N-dealkylation sites (tertiary alicyclic amines) is 1. The van der Waals surface area contributed by atoms with Crippen LogP contribution in [0.4, 0.5) is 0 Å². The van der Waals surface area contributed by atoms with Crippen molar-refractivity contribution >= 4 is 17.5 Å². The molecule has 1 N–H and O–H groups in total. The van der Waals surface area contributed by atoms with Gasteiger partial charge in [-0.3, -0.25) is 14.0 Å². The molecule has 7 nitrogen and oxygen atoms in total. The quantitative estimate of drug-likeness (QED) is 0.865. The summed E-state index contributed by atoms with van der Waals surface area (Å²) in [6.45, 7) is 2.56. The molecule has 0 radical (unpaired) electrons. The fraction of sp³-hybridized carbons (Fsp3) is 0.385. The zero-order valence-corrected chi connectivity index (χ0v) is 11.0. The molecule has 104 valence electrons. The minimum absolute atomic E-state index is 0.149. The molecule has 1 atom stereocenters. The summed E-state index contributed by atoms with van der Waals surface area (Å²) in [4.78, 5) is 24.9. The van der Waals surface area contributed by atoms with Gasteiger partial charge in [0.15, 0.2) is 5.65 Å². The van der Waals surface area contributed by atoms with Crippen molar-refractivity contribution in [3.05, 3.63) is 29.7 Å². The van der Waals surface area contributed by atoms with E-state index in [9.17, 15) is 9.59 Å². The summed E-state index contributed by atoms with van der Waals surface area (Å²) in [6, 6.07) is 3.43. The van der Waals surface area contributed by atoms with Gasteiger partial charge in [0.25, 0.3) is 5.91 Å². The van der Waals surface area contributed by atoms with Gasteiger partial charge >= 0.3 is 5.97 Å². The number of rotatable bonds is 2. The predicted molar refractivity (Wildman–Crippen MR) is 69.4 cm³/mol. The van der Waals surface area contributed by atoms with Crippen LogP contribution in [-0.2, 0) is 4.79 Å². The standard InChI is InChI=1S/C13H14N4O3/c1-8-14-15-11-3-2-9(7-17(8)11)12(18)16-5-4-10(6-16)13(19)20/h2-3,7,10H,4-6H2,1H3,(H,19,20). The fourth-order valence-corrected chi connectivity index (χ4v) is 2.46. The molecule has 2 aromatic rings. The molecule has 1 fully saturated rings. The monoisotopic (exact) mass is 274 g/mol. The molecular weight excluding hydrogens is 260 g/mol. The van der Waals surface area contributed by atoms with Crippen LogP contribution in [0.5, 0.6) is 0 Å². The van der Waals surface area contributed by atoms with Crippen LogP contribution in [0.25, 0.3) is 5.65 Å². The zero-order valence-electron chi connectivity index (χ0n) is 11.0. The van der Waals surface area contributed by atoms with E-state index in [0.29, 0.717) is 30.0 Å². The summed E-state index contributed by atoms with van der Waals surface area (Å²) in [5.74, 6) is -0.743. The number of hydrogen-bond acceptors (Lipinski definition) is 4. The first-order valence-electron chi connectivity index (χ1n) is 6.40. The SMILES string of the molecule is Cc1nnc2ccc(C(=O)N3CCC(C(=O)O)C3)cn12. The number of nitrogens with zero attached hydrogens (tertiary/aromatic N) is 4. The van der Waals surface area contributed by atoms with Crippen molar-refractivity contribution in [2.75, 3.05) is 13.1 Å². The third kappa shape index (κ3) is 2.01.